The van der Waals surface area contributed by atoms with Gasteiger partial charge in [-0.3, -0.25) is 4.40 Å². The maximum atomic E-state index is 4.87. The number of benzene rings is 1. The Morgan fingerprint density at radius 2 is 1.87 bits per heavy atom. The zero-order valence-corrected chi connectivity index (χ0v) is 19.7. The van der Waals surface area contributed by atoms with E-state index in [1.54, 1.807) is 17.5 Å². The number of aromatic nitrogens is 6. The van der Waals surface area contributed by atoms with Crippen molar-refractivity contribution in [1.82, 2.24) is 29.3 Å². The van der Waals surface area contributed by atoms with E-state index >= 15 is 0 Å². The minimum atomic E-state index is 0.584. The number of aryl methyl sites for hydroxylation is 1. The molecule has 7 nitrogen and oxygen atoms in total. The Labute approximate surface area is 186 Å². The monoisotopic (exact) mass is 435 g/mol. The van der Waals surface area contributed by atoms with E-state index in [0.29, 0.717) is 5.95 Å². The largest absolute Gasteiger partial charge is 0.357 e. The highest BCUT2D eigenvalue weighted by Gasteiger charge is 2.19. The maximum absolute atomic E-state index is 4.87. The molecule has 2 N–H and O–H groups in total. The van der Waals surface area contributed by atoms with Gasteiger partial charge in [0, 0.05) is 36.8 Å². The lowest BCUT2D eigenvalue weighted by Crippen LogP contribution is -1.98. The molecule has 1 aromatic carbocycles. The Kier molecular flexibility index (Phi) is 7.36. The van der Waals surface area contributed by atoms with Gasteiger partial charge in [0.2, 0.25) is 5.95 Å². The van der Waals surface area contributed by atoms with E-state index in [4.69, 9.17) is 4.98 Å². The number of fused-ring (bicyclic) bond motifs is 2. The van der Waals surface area contributed by atoms with Crippen LogP contribution in [0.1, 0.15) is 40.4 Å². The van der Waals surface area contributed by atoms with Gasteiger partial charge in [-0.1, -0.05) is 40.7 Å². The normalized spacial score (nSPS) is 10.4. The van der Waals surface area contributed by atoms with Gasteiger partial charge < -0.3 is 10.3 Å². The predicted molar refractivity (Wildman–Crippen MR) is 131 cm³/mol. The van der Waals surface area contributed by atoms with E-state index in [9.17, 15) is 0 Å². The van der Waals surface area contributed by atoms with Crippen LogP contribution < -0.4 is 5.32 Å². The molecule has 5 aromatic rings. The van der Waals surface area contributed by atoms with Gasteiger partial charge in [-0.2, -0.15) is 0 Å². The SMILES string of the molecule is CC.CC.CCc1nc2ccc(-c3nc4sccn4c3-c3ccnc(NC)n3)cc2[nH]1. The first-order valence-electron chi connectivity index (χ1n) is 10.7. The molecule has 4 aromatic heterocycles. The number of hydrogen-bond donors (Lipinski definition) is 2. The fourth-order valence-corrected chi connectivity index (χ4v) is 3.93. The van der Waals surface area contributed by atoms with E-state index in [2.05, 4.69) is 48.7 Å². The second-order valence-corrected chi connectivity index (χ2v) is 7.02. The van der Waals surface area contributed by atoms with Crippen LogP contribution in [0.2, 0.25) is 0 Å². The molecule has 0 saturated heterocycles. The van der Waals surface area contributed by atoms with Gasteiger partial charge in [0.15, 0.2) is 4.96 Å². The van der Waals surface area contributed by atoms with Crippen molar-refractivity contribution in [2.45, 2.75) is 41.0 Å². The van der Waals surface area contributed by atoms with Crippen LogP contribution in [-0.2, 0) is 6.42 Å². The molecular formula is C23H29N7S. The summed E-state index contributed by atoms with van der Waals surface area (Å²) in [4.78, 5) is 22.6. The van der Waals surface area contributed by atoms with Crippen molar-refractivity contribution in [1.29, 1.82) is 0 Å². The van der Waals surface area contributed by atoms with Crippen LogP contribution >= 0.6 is 11.3 Å². The van der Waals surface area contributed by atoms with Crippen LogP contribution in [0.4, 0.5) is 5.95 Å². The number of rotatable bonds is 4. The average Bonchev–Trinajstić information content (AvgIpc) is 3.55. The van der Waals surface area contributed by atoms with E-state index in [-0.39, 0.29) is 0 Å². The lowest BCUT2D eigenvalue weighted by atomic mass is 10.1. The van der Waals surface area contributed by atoms with Gasteiger partial charge >= 0.3 is 0 Å². The Bertz CT molecular complexity index is 1270. The van der Waals surface area contributed by atoms with Gasteiger partial charge in [0.25, 0.3) is 0 Å². The zero-order chi connectivity index (χ0) is 22.4. The number of nitrogens with zero attached hydrogens (tertiary/aromatic N) is 5. The summed E-state index contributed by atoms with van der Waals surface area (Å²) in [6.07, 6.45) is 4.66. The summed E-state index contributed by atoms with van der Waals surface area (Å²) < 4.78 is 2.08. The van der Waals surface area contributed by atoms with Gasteiger partial charge in [-0.15, -0.1) is 11.3 Å². The minimum absolute atomic E-state index is 0.584. The number of hydrogen-bond acceptors (Lipinski definition) is 6. The van der Waals surface area contributed by atoms with Gasteiger partial charge in [0.1, 0.15) is 11.5 Å². The molecule has 162 valence electrons. The summed E-state index contributed by atoms with van der Waals surface area (Å²) >= 11 is 1.61. The molecular weight excluding hydrogens is 406 g/mol. The molecule has 0 unspecified atom stereocenters. The summed E-state index contributed by atoms with van der Waals surface area (Å²) in [5, 5.41) is 5.03. The van der Waals surface area contributed by atoms with Crippen molar-refractivity contribution >= 4 is 33.3 Å². The second-order valence-electron chi connectivity index (χ2n) is 6.15. The van der Waals surface area contributed by atoms with E-state index in [1.807, 2.05) is 58.5 Å². The van der Waals surface area contributed by atoms with E-state index in [0.717, 1.165) is 50.9 Å². The quantitative estimate of drug-likeness (QED) is 0.359. The lowest BCUT2D eigenvalue weighted by molar-refractivity contribution is 1.00. The van der Waals surface area contributed by atoms with E-state index in [1.165, 1.54) is 0 Å². The highest BCUT2D eigenvalue weighted by atomic mass is 32.1. The highest BCUT2D eigenvalue weighted by molar-refractivity contribution is 7.15. The Morgan fingerprint density at radius 3 is 2.61 bits per heavy atom. The smallest absolute Gasteiger partial charge is 0.222 e. The van der Waals surface area contributed by atoms with Crippen LogP contribution in [0.3, 0.4) is 0 Å². The topological polar surface area (TPSA) is 83.8 Å². The fourth-order valence-electron chi connectivity index (χ4n) is 3.22. The second kappa shape index (κ2) is 10.2. The van der Waals surface area contributed by atoms with Crippen molar-refractivity contribution in [2.75, 3.05) is 12.4 Å². The van der Waals surface area contributed by atoms with Crippen LogP contribution in [0, 0.1) is 0 Å². The third kappa shape index (κ3) is 4.29. The summed E-state index contributed by atoms with van der Waals surface area (Å²) in [5.41, 5.74) is 5.71. The summed E-state index contributed by atoms with van der Waals surface area (Å²) in [6.45, 7) is 10.1. The minimum Gasteiger partial charge on any atom is -0.357 e. The van der Waals surface area contributed by atoms with Crippen LogP contribution in [0.15, 0.2) is 42.0 Å². The van der Waals surface area contributed by atoms with Crippen LogP contribution in [0.25, 0.3) is 38.6 Å². The van der Waals surface area contributed by atoms with E-state index < -0.39 is 0 Å². The number of imidazole rings is 2. The lowest BCUT2D eigenvalue weighted by Gasteiger charge is -2.06. The van der Waals surface area contributed by atoms with Gasteiger partial charge in [0.05, 0.1) is 22.4 Å². The Hall–Kier alpha value is -3.26. The zero-order valence-electron chi connectivity index (χ0n) is 18.9. The third-order valence-corrected chi connectivity index (χ3v) is 5.28. The molecule has 0 spiro atoms. The molecule has 0 radical (unpaired) electrons. The summed E-state index contributed by atoms with van der Waals surface area (Å²) in [7, 11) is 1.81. The molecule has 0 aliphatic heterocycles. The van der Waals surface area contributed by atoms with Gasteiger partial charge in [-0.05, 0) is 18.2 Å². The molecule has 31 heavy (non-hydrogen) atoms. The van der Waals surface area contributed by atoms with Gasteiger partial charge in [-0.25, -0.2) is 19.9 Å². The average molecular weight is 436 g/mol. The van der Waals surface area contributed by atoms with Crippen LogP contribution in [-0.4, -0.2) is 36.4 Å². The Morgan fingerprint density at radius 1 is 1.06 bits per heavy atom. The number of anilines is 1. The summed E-state index contributed by atoms with van der Waals surface area (Å²) in [5.74, 6) is 1.57. The first kappa shape index (κ1) is 22.4. The molecule has 4 heterocycles. The first-order valence-corrected chi connectivity index (χ1v) is 11.6. The van der Waals surface area contributed by atoms with Crippen molar-refractivity contribution in [3.63, 3.8) is 0 Å². The number of aromatic amines is 1. The van der Waals surface area contributed by atoms with Crippen molar-refractivity contribution in [3.05, 3.63) is 47.9 Å². The standard InChI is InChI=1S/C19H17N7S.2C2H6/c1-3-15-22-12-5-4-11(10-14(12)23-15)16-17(26-8-9-27-19(26)25-16)13-6-7-21-18(20-2)24-13;2*1-2/h4-10H,3H2,1-2H3,(H,22,23)(H,20,21,24);2*1-2H3. The molecule has 0 atom stereocenters. The molecule has 0 aliphatic carbocycles. The number of thiazole rings is 1. The molecule has 8 heteroatoms. The third-order valence-electron chi connectivity index (χ3n) is 4.52. The molecule has 0 bridgehead atoms. The molecule has 0 fully saturated rings. The predicted octanol–water partition coefficient (Wildman–Crippen LogP) is 6.05. The van der Waals surface area contributed by atoms with Crippen molar-refractivity contribution in [2.24, 2.45) is 0 Å². The molecule has 0 amide bonds. The summed E-state index contributed by atoms with van der Waals surface area (Å²) in [6, 6.07) is 8.13. The van der Waals surface area contributed by atoms with Crippen LogP contribution in [0.5, 0.6) is 0 Å². The van der Waals surface area contributed by atoms with Crippen molar-refractivity contribution < 1.29 is 0 Å². The van der Waals surface area contributed by atoms with Crippen molar-refractivity contribution in [3.8, 4) is 22.6 Å². The first-order chi connectivity index (χ1) is 15.3. The fraction of sp³-hybridized carbons (Fsp3) is 0.304. The molecule has 5 rings (SSSR count). The highest BCUT2D eigenvalue weighted by Crippen LogP contribution is 2.34. The molecule has 0 aliphatic rings. The Balaban J connectivity index is 0.000000645. The molecule has 0 saturated carbocycles. The maximum Gasteiger partial charge on any atom is 0.222 e. The number of nitrogens with one attached hydrogen (secondary N) is 2. The number of H-pyrrole nitrogens is 1.